The summed E-state index contributed by atoms with van der Waals surface area (Å²) in [6.45, 7) is 0.205. The predicted molar refractivity (Wildman–Crippen MR) is 48.5 cm³/mol. The Labute approximate surface area is 78.3 Å². The maximum atomic E-state index is 11.4. The van der Waals surface area contributed by atoms with Crippen LogP contribution in [0.3, 0.4) is 0 Å². The van der Waals surface area contributed by atoms with E-state index in [4.69, 9.17) is 9.47 Å². The van der Waals surface area contributed by atoms with E-state index in [0.29, 0.717) is 16.9 Å². The van der Waals surface area contributed by atoms with Crippen LogP contribution in [0.4, 0.5) is 0 Å². The molecular weight excluding hydrogens is 184 g/mol. The van der Waals surface area contributed by atoms with E-state index in [1.54, 1.807) is 18.3 Å². The molecule has 0 saturated heterocycles. The van der Waals surface area contributed by atoms with Crippen molar-refractivity contribution in [2.75, 3.05) is 6.79 Å². The topological polar surface area (TPSA) is 64.2 Å². The van der Waals surface area contributed by atoms with E-state index < -0.39 is 0 Å². The quantitative estimate of drug-likeness (QED) is 0.662. The van der Waals surface area contributed by atoms with Gasteiger partial charge in [-0.3, -0.25) is 4.79 Å². The number of hydrogen-bond acceptors (Lipinski definition) is 4. The number of rotatable bonds is 0. The highest BCUT2D eigenvalue weighted by Gasteiger charge is 2.14. The minimum atomic E-state index is -0.221. The van der Waals surface area contributed by atoms with Crippen molar-refractivity contribution in [1.82, 2.24) is 10.2 Å². The van der Waals surface area contributed by atoms with Crippen LogP contribution >= 0.6 is 0 Å². The molecule has 2 aromatic rings. The molecule has 0 atom stereocenters. The molecule has 70 valence electrons. The number of aromatic amines is 1. The number of fused-ring (bicyclic) bond motifs is 2. The molecule has 1 aliphatic rings. The second-order valence-electron chi connectivity index (χ2n) is 2.99. The highest BCUT2D eigenvalue weighted by molar-refractivity contribution is 5.84. The number of aromatic nitrogens is 2. The Bertz CT molecular complexity index is 561. The zero-order chi connectivity index (χ0) is 9.54. The molecule has 5 nitrogen and oxygen atoms in total. The fourth-order valence-electron chi connectivity index (χ4n) is 1.48. The standard InChI is InChI=1S/C9H6N2O3/c12-9-6-2-8-7(13-4-14-8)1-5(6)3-10-11-9/h1-3H,4H2,(H,11,12). The first kappa shape index (κ1) is 7.37. The third kappa shape index (κ3) is 0.891. The lowest BCUT2D eigenvalue weighted by atomic mass is 10.2. The normalized spacial score (nSPS) is 13.4. The highest BCUT2D eigenvalue weighted by Crippen LogP contribution is 2.34. The molecule has 3 rings (SSSR count). The first-order chi connectivity index (χ1) is 6.84. The van der Waals surface area contributed by atoms with Crippen LogP contribution in [-0.2, 0) is 0 Å². The first-order valence-corrected chi connectivity index (χ1v) is 4.11. The Morgan fingerprint density at radius 2 is 2.07 bits per heavy atom. The molecule has 0 radical (unpaired) electrons. The maximum Gasteiger partial charge on any atom is 0.272 e. The first-order valence-electron chi connectivity index (χ1n) is 4.11. The van der Waals surface area contributed by atoms with Gasteiger partial charge in [-0.2, -0.15) is 5.10 Å². The Kier molecular flexibility index (Phi) is 1.30. The molecule has 5 heteroatoms. The van der Waals surface area contributed by atoms with Crippen LogP contribution in [-0.4, -0.2) is 17.0 Å². The molecule has 0 spiro atoms. The largest absolute Gasteiger partial charge is 0.454 e. The lowest BCUT2D eigenvalue weighted by Gasteiger charge is -1.98. The van der Waals surface area contributed by atoms with Crippen molar-refractivity contribution in [1.29, 1.82) is 0 Å². The summed E-state index contributed by atoms with van der Waals surface area (Å²) in [5.41, 5.74) is -0.221. The summed E-state index contributed by atoms with van der Waals surface area (Å²) < 4.78 is 10.4. The number of nitrogens with one attached hydrogen (secondary N) is 1. The van der Waals surface area contributed by atoms with E-state index in [1.165, 1.54) is 0 Å². The third-order valence-corrected chi connectivity index (χ3v) is 2.16. The van der Waals surface area contributed by atoms with Crippen LogP contribution in [0.2, 0.25) is 0 Å². The van der Waals surface area contributed by atoms with E-state index >= 15 is 0 Å². The smallest absolute Gasteiger partial charge is 0.272 e. The minimum absolute atomic E-state index is 0.205. The molecule has 1 N–H and O–H groups in total. The van der Waals surface area contributed by atoms with Gasteiger partial charge in [0.2, 0.25) is 6.79 Å². The highest BCUT2D eigenvalue weighted by atomic mass is 16.7. The van der Waals surface area contributed by atoms with Gasteiger partial charge in [-0.05, 0) is 12.1 Å². The summed E-state index contributed by atoms with van der Waals surface area (Å²) in [5, 5.41) is 7.38. The number of ether oxygens (including phenoxy) is 2. The van der Waals surface area contributed by atoms with E-state index in [2.05, 4.69) is 10.2 Å². The molecule has 0 unspecified atom stereocenters. The zero-order valence-electron chi connectivity index (χ0n) is 7.11. The average Bonchev–Trinajstić information content (AvgIpc) is 2.62. The summed E-state index contributed by atoms with van der Waals surface area (Å²) in [4.78, 5) is 11.4. The number of H-pyrrole nitrogens is 1. The fraction of sp³-hybridized carbons (Fsp3) is 0.111. The van der Waals surface area contributed by atoms with Gasteiger partial charge in [-0.1, -0.05) is 0 Å². The average molecular weight is 190 g/mol. The Hall–Kier alpha value is -2.04. The van der Waals surface area contributed by atoms with Gasteiger partial charge in [-0.25, -0.2) is 5.10 Å². The van der Waals surface area contributed by atoms with E-state index in [-0.39, 0.29) is 12.4 Å². The summed E-state index contributed by atoms with van der Waals surface area (Å²) >= 11 is 0. The van der Waals surface area contributed by atoms with E-state index in [1.807, 2.05) is 0 Å². The van der Waals surface area contributed by atoms with Gasteiger partial charge in [0.15, 0.2) is 11.5 Å². The van der Waals surface area contributed by atoms with Crippen LogP contribution < -0.4 is 15.0 Å². The summed E-state index contributed by atoms with van der Waals surface area (Å²) in [7, 11) is 0. The number of hydrogen-bond donors (Lipinski definition) is 1. The molecule has 1 aromatic heterocycles. The lowest BCUT2D eigenvalue weighted by molar-refractivity contribution is 0.174. The monoisotopic (exact) mass is 190 g/mol. The predicted octanol–water partition coefficient (Wildman–Crippen LogP) is 0.652. The van der Waals surface area contributed by atoms with Gasteiger partial charge in [0.1, 0.15) is 0 Å². The van der Waals surface area contributed by atoms with Crippen LogP contribution in [0, 0.1) is 0 Å². The zero-order valence-corrected chi connectivity index (χ0v) is 7.11. The molecule has 0 bridgehead atoms. The Balaban J connectivity index is 2.45. The van der Waals surface area contributed by atoms with Gasteiger partial charge in [-0.15, -0.1) is 0 Å². The van der Waals surface area contributed by atoms with E-state index in [0.717, 1.165) is 5.39 Å². The second kappa shape index (κ2) is 2.47. The lowest BCUT2D eigenvalue weighted by Crippen LogP contribution is -2.06. The number of nitrogens with zero attached hydrogens (tertiary/aromatic N) is 1. The van der Waals surface area contributed by atoms with Gasteiger partial charge in [0, 0.05) is 5.39 Å². The molecule has 2 heterocycles. The number of benzene rings is 1. The van der Waals surface area contributed by atoms with Crippen LogP contribution in [0.25, 0.3) is 10.8 Å². The van der Waals surface area contributed by atoms with E-state index in [9.17, 15) is 4.79 Å². The van der Waals surface area contributed by atoms with Crippen molar-refractivity contribution in [3.63, 3.8) is 0 Å². The van der Waals surface area contributed by atoms with Crippen LogP contribution in [0.1, 0.15) is 0 Å². The maximum absolute atomic E-state index is 11.4. The molecule has 0 aliphatic carbocycles. The van der Waals surface area contributed by atoms with Gasteiger partial charge in [0.05, 0.1) is 11.6 Å². The van der Waals surface area contributed by atoms with Crippen molar-refractivity contribution >= 4 is 10.8 Å². The molecule has 14 heavy (non-hydrogen) atoms. The van der Waals surface area contributed by atoms with Crippen molar-refractivity contribution < 1.29 is 9.47 Å². The van der Waals surface area contributed by atoms with Gasteiger partial charge in [0.25, 0.3) is 5.56 Å². The van der Waals surface area contributed by atoms with Crippen molar-refractivity contribution in [3.8, 4) is 11.5 Å². The summed E-state index contributed by atoms with van der Waals surface area (Å²) in [6.07, 6.45) is 1.58. The Morgan fingerprint density at radius 1 is 1.29 bits per heavy atom. The fourth-order valence-corrected chi connectivity index (χ4v) is 1.48. The molecule has 0 fully saturated rings. The minimum Gasteiger partial charge on any atom is -0.454 e. The van der Waals surface area contributed by atoms with Gasteiger partial charge < -0.3 is 9.47 Å². The molecule has 1 aromatic carbocycles. The van der Waals surface area contributed by atoms with Gasteiger partial charge >= 0.3 is 0 Å². The molecular formula is C9H6N2O3. The van der Waals surface area contributed by atoms with Crippen LogP contribution in [0.15, 0.2) is 23.1 Å². The third-order valence-electron chi connectivity index (χ3n) is 2.16. The SMILES string of the molecule is O=c1[nH]ncc2cc3c(cc12)OCO3. The summed E-state index contributed by atoms with van der Waals surface area (Å²) in [5.74, 6) is 1.26. The molecule has 1 aliphatic heterocycles. The molecule has 0 amide bonds. The van der Waals surface area contributed by atoms with Crippen molar-refractivity contribution in [3.05, 3.63) is 28.7 Å². The molecule has 0 saturated carbocycles. The second-order valence-corrected chi connectivity index (χ2v) is 2.99. The van der Waals surface area contributed by atoms with Crippen LogP contribution in [0.5, 0.6) is 11.5 Å². The summed E-state index contributed by atoms with van der Waals surface area (Å²) in [6, 6.07) is 3.41. The van der Waals surface area contributed by atoms with Crippen molar-refractivity contribution in [2.45, 2.75) is 0 Å². The van der Waals surface area contributed by atoms with Crippen molar-refractivity contribution in [2.24, 2.45) is 0 Å². The Morgan fingerprint density at radius 3 is 2.93 bits per heavy atom.